The summed E-state index contributed by atoms with van der Waals surface area (Å²) in [6.07, 6.45) is 0. The van der Waals surface area contributed by atoms with Crippen LogP contribution in [0.2, 0.25) is 5.02 Å². The van der Waals surface area contributed by atoms with E-state index >= 15 is 0 Å². The van der Waals surface area contributed by atoms with Gasteiger partial charge in [0.25, 0.3) is 5.91 Å². The molecule has 0 bridgehead atoms. The normalized spacial score (nSPS) is 10.2. The molecule has 0 aliphatic carbocycles. The van der Waals surface area contributed by atoms with Crippen molar-refractivity contribution in [3.05, 3.63) is 45.0 Å². The van der Waals surface area contributed by atoms with E-state index < -0.39 is 0 Å². The molecule has 1 amide bonds. The number of aromatic nitrogens is 2. The van der Waals surface area contributed by atoms with Crippen molar-refractivity contribution in [2.75, 3.05) is 12.4 Å². The number of ether oxygens (including phenoxy) is 1. The van der Waals surface area contributed by atoms with Crippen molar-refractivity contribution in [3.8, 4) is 5.88 Å². The fraction of sp³-hybridized carbons (Fsp3) is 0.154. The van der Waals surface area contributed by atoms with Gasteiger partial charge < -0.3 is 4.74 Å². The zero-order valence-electron chi connectivity index (χ0n) is 10.8. The molecule has 1 N–H and O–H groups in total. The molecule has 5 nitrogen and oxygen atoms in total. The lowest BCUT2D eigenvalue weighted by Crippen LogP contribution is -2.15. The quantitative estimate of drug-likeness (QED) is 0.914. The number of carbonyl (C=O) groups is 1. The second kappa shape index (κ2) is 6.19. The molecule has 2 rings (SSSR count). The van der Waals surface area contributed by atoms with Gasteiger partial charge in [0.2, 0.25) is 11.8 Å². The molecule has 0 spiro atoms. The van der Waals surface area contributed by atoms with Gasteiger partial charge in [-0.2, -0.15) is 4.98 Å². The Morgan fingerprint density at radius 2 is 2.15 bits per heavy atom. The van der Waals surface area contributed by atoms with Crippen molar-refractivity contribution >= 4 is 39.4 Å². The average Bonchev–Trinajstić information content (AvgIpc) is 2.41. The van der Waals surface area contributed by atoms with E-state index in [1.165, 1.54) is 7.11 Å². The molecular formula is C13H11BrClN3O2. The van der Waals surface area contributed by atoms with Gasteiger partial charge in [0.15, 0.2) is 0 Å². The number of hydrogen-bond acceptors (Lipinski definition) is 4. The summed E-state index contributed by atoms with van der Waals surface area (Å²) in [5.41, 5.74) is 1.03. The molecule has 0 radical (unpaired) electrons. The Labute approximate surface area is 129 Å². The minimum Gasteiger partial charge on any atom is -0.481 e. The minimum absolute atomic E-state index is 0.169. The first-order chi connectivity index (χ1) is 9.51. The van der Waals surface area contributed by atoms with Crippen molar-refractivity contribution in [1.29, 1.82) is 0 Å². The van der Waals surface area contributed by atoms with Gasteiger partial charge in [0.05, 0.1) is 17.7 Å². The highest BCUT2D eigenvalue weighted by molar-refractivity contribution is 9.10. The Bertz CT molecular complexity index is 664. The summed E-state index contributed by atoms with van der Waals surface area (Å²) in [5, 5.41) is 2.93. The number of rotatable bonds is 3. The third-order valence-electron chi connectivity index (χ3n) is 2.46. The molecule has 1 heterocycles. The van der Waals surface area contributed by atoms with Crippen molar-refractivity contribution in [2.24, 2.45) is 0 Å². The number of methoxy groups -OCH3 is 1. The van der Waals surface area contributed by atoms with E-state index in [0.29, 0.717) is 26.6 Å². The Balaban J connectivity index is 2.28. The van der Waals surface area contributed by atoms with Crippen molar-refractivity contribution < 1.29 is 9.53 Å². The minimum atomic E-state index is -0.385. The highest BCUT2D eigenvalue weighted by Crippen LogP contribution is 2.26. The molecule has 104 valence electrons. The topological polar surface area (TPSA) is 64.1 Å². The maximum absolute atomic E-state index is 12.2. The number of nitrogens with zero attached hydrogens (tertiary/aromatic N) is 2. The van der Waals surface area contributed by atoms with Crippen LogP contribution in [0.1, 0.15) is 16.1 Å². The lowest BCUT2D eigenvalue weighted by atomic mass is 10.2. The van der Waals surface area contributed by atoms with Crippen LogP contribution in [0.15, 0.2) is 28.7 Å². The van der Waals surface area contributed by atoms with E-state index in [1.54, 1.807) is 31.2 Å². The highest BCUT2D eigenvalue weighted by atomic mass is 79.9. The van der Waals surface area contributed by atoms with Gasteiger partial charge in [0.1, 0.15) is 0 Å². The van der Waals surface area contributed by atoms with Crippen LogP contribution in [0.3, 0.4) is 0 Å². The van der Waals surface area contributed by atoms with E-state index in [0.717, 1.165) is 0 Å². The number of anilines is 1. The summed E-state index contributed by atoms with van der Waals surface area (Å²) >= 11 is 9.34. The molecule has 0 saturated heterocycles. The Hall–Kier alpha value is -1.66. The predicted octanol–water partition coefficient (Wildman–Crippen LogP) is 3.46. The first-order valence-electron chi connectivity index (χ1n) is 5.66. The van der Waals surface area contributed by atoms with E-state index in [2.05, 4.69) is 31.2 Å². The summed E-state index contributed by atoms with van der Waals surface area (Å²) in [6, 6.07) is 6.77. The van der Waals surface area contributed by atoms with Gasteiger partial charge in [0, 0.05) is 16.2 Å². The monoisotopic (exact) mass is 355 g/mol. The average molecular weight is 357 g/mol. The van der Waals surface area contributed by atoms with Crippen LogP contribution < -0.4 is 10.1 Å². The maximum atomic E-state index is 12.2. The zero-order chi connectivity index (χ0) is 14.7. The third kappa shape index (κ3) is 3.26. The largest absolute Gasteiger partial charge is 0.481 e. The molecule has 0 saturated carbocycles. The molecule has 0 aliphatic heterocycles. The second-order valence-electron chi connectivity index (χ2n) is 3.93. The molecule has 0 aliphatic rings. The van der Waals surface area contributed by atoms with E-state index in [9.17, 15) is 4.79 Å². The fourth-order valence-corrected chi connectivity index (χ4v) is 2.13. The molecule has 2 aromatic rings. The molecular weight excluding hydrogens is 346 g/mol. The van der Waals surface area contributed by atoms with E-state index in [4.69, 9.17) is 16.3 Å². The van der Waals surface area contributed by atoms with Gasteiger partial charge in [-0.25, -0.2) is 4.98 Å². The number of hydrogen-bond donors (Lipinski definition) is 1. The summed E-state index contributed by atoms with van der Waals surface area (Å²) in [5.74, 6) is 0.167. The van der Waals surface area contributed by atoms with Crippen LogP contribution in [0.5, 0.6) is 5.88 Å². The summed E-state index contributed by atoms with van der Waals surface area (Å²) in [6.45, 7) is 1.78. The van der Waals surface area contributed by atoms with Gasteiger partial charge in [-0.15, -0.1) is 0 Å². The smallest absolute Gasteiger partial charge is 0.259 e. The first-order valence-corrected chi connectivity index (χ1v) is 6.83. The van der Waals surface area contributed by atoms with Crippen molar-refractivity contribution in [3.63, 3.8) is 0 Å². The van der Waals surface area contributed by atoms with Gasteiger partial charge in [-0.1, -0.05) is 17.7 Å². The second-order valence-corrected chi connectivity index (χ2v) is 5.16. The number of benzene rings is 1. The highest BCUT2D eigenvalue weighted by Gasteiger charge is 2.14. The Kier molecular flexibility index (Phi) is 4.57. The number of halogens is 2. The fourth-order valence-electron chi connectivity index (χ4n) is 1.55. The predicted molar refractivity (Wildman–Crippen MR) is 80.4 cm³/mol. The van der Waals surface area contributed by atoms with Crippen LogP contribution in [-0.2, 0) is 0 Å². The SMILES string of the molecule is COc1cc(C)nc(NC(=O)c2cccc(Br)c2Cl)n1. The number of carbonyl (C=O) groups excluding carboxylic acids is 1. The number of amides is 1. The molecule has 0 fully saturated rings. The lowest BCUT2D eigenvalue weighted by molar-refractivity contribution is 0.102. The van der Waals surface area contributed by atoms with Crippen LogP contribution in [-0.4, -0.2) is 23.0 Å². The van der Waals surface area contributed by atoms with Crippen molar-refractivity contribution in [2.45, 2.75) is 6.92 Å². The van der Waals surface area contributed by atoms with E-state index in [-0.39, 0.29) is 11.9 Å². The van der Waals surface area contributed by atoms with Crippen LogP contribution >= 0.6 is 27.5 Å². The summed E-state index contributed by atoms with van der Waals surface area (Å²) in [7, 11) is 1.50. The maximum Gasteiger partial charge on any atom is 0.259 e. The molecule has 1 aromatic carbocycles. The number of nitrogens with one attached hydrogen (secondary N) is 1. The van der Waals surface area contributed by atoms with Crippen LogP contribution in [0.25, 0.3) is 0 Å². The van der Waals surface area contributed by atoms with Gasteiger partial charge in [-0.3, -0.25) is 10.1 Å². The van der Waals surface area contributed by atoms with Gasteiger partial charge in [-0.05, 0) is 35.0 Å². The third-order valence-corrected chi connectivity index (χ3v) is 3.76. The first kappa shape index (κ1) is 14.7. The number of aryl methyl sites for hydroxylation is 1. The lowest BCUT2D eigenvalue weighted by Gasteiger charge is -2.08. The van der Waals surface area contributed by atoms with E-state index in [1.807, 2.05) is 0 Å². The Morgan fingerprint density at radius 3 is 2.85 bits per heavy atom. The molecule has 7 heteroatoms. The summed E-state index contributed by atoms with van der Waals surface area (Å²) in [4.78, 5) is 20.3. The molecule has 20 heavy (non-hydrogen) atoms. The zero-order valence-corrected chi connectivity index (χ0v) is 13.1. The van der Waals surface area contributed by atoms with Crippen LogP contribution in [0.4, 0.5) is 5.95 Å². The van der Waals surface area contributed by atoms with Crippen LogP contribution in [0, 0.1) is 6.92 Å². The van der Waals surface area contributed by atoms with Gasteiger partial charge >= 0.3 is 0 Å². The summed E-state index contributed by atoms with van der Waals surface area (Å²) < 4.78 is 5.68. The standard InChI is InChI=1S/C13H11BrClN3O2/c1-7-6-10(20-2)17-13(16-7)18-12(19)8-4-3-5-9(14)11(8)15/h3-6H,1-2H3,(H,16,17,18,19). The molecule has 0 unspecified atom stereocenters. The Morgan fingerprint density at radius 1 is 1.40 bits per heavy atom. The molecule has 0 atom stereocenters. The van der Waals surface area contributed by atoms with Crippen molar-refractivity contribution in [1.82, 2.24) is 9.97 Å². The molecule has 1 aromatic heterocycles.